The third-order valence-corrected chi connectivity index (χ3v) is 3.29. The highest BCUT2D eigenvalue weighted by atomic mass is 19.1. The van der Waals surface area contributed by atoms with Gasteiger partial charge in [-0.15, -0.1) is 0 Å². The van der Waals surface area contributed by atoms with Crippen molar-refractivity contribution in [3.05, 3.63) is 47.9 Å². The Hall–Kier alpha value is -3.16. The SMILES string of the molecule is CNc1cc(-c2ncc(O)c(O)n2)nn1Cc1ccccc1F. The maximum Gasteiger partial charge on any atom is 0.258 e. The lowest BCUT2D eigenvalue weighted by atomic mass is 10.2. The smallest absolute Gasteiger partial charge is 0.258 e. The van der Waals surface area contributed by atoms with E-state index in [9.17, 15) is 14.6 Å². The number of aromatic nitrogens is 4. The van der Waals surface area contributed by atoms with Gasteiger partial charge in [-0.1, -0.05) is 18.2 Å². The standard InChI is InChI=1S/C15H14FN5O2/c1-17-13-6-11(14-18-7-12(22)15(23)19-14)20-21(13)8-9-4-2-3-5-10(9)16/h2-7,17,22H,8H2,1H3,(H,18,19,23). The molecule has 0 bridgehead atoms. The molecule has 0 radical (unpaired) electrons. The van der Waals surface area contributed by atoms with Crippen molar-refractivity contribution >= 4 is 5.82 Å². The fraction of sp³-hybridized carbons (Fsp3) is 0.133. The minimum Gasteiger partial charge on any atom is -0.502 e. The number of hydrogen-bond acceptors (Lipinski definition) is 6. The van der Waals surface area contributed by atoms with Gasteiger partial charge in [0.15, 0.2) is 11.6 Å². The second kappa shape index (κ2) is 5.91. The Morgan fingerprint density at radius 3 is 2.74 bits per heavy atom. The second-order valence-electron chi connectivity index (χ2n) is 4.82. The largest absolute Gasteiger partial charge is 0.502 e. The van der Waals surface area contributed by atoms with E-state index in [1.807, 2.05) is 0 Å². The summed E-state index contributed by atoms with van der Waals surface area (Å²) < 4.78 is 15.4. The summed E-state index contributed by atoms with van der Waals surface area (Å²) in [7, 11) is 1.72. The average Bonchev–Trinajstić information content (AvgIpc) is 2.95. The Bertz CT molecular complexity index is 850. The normalized spacial score (nSPS) is 10.7. The fourth-order valence-electron chi connectivity index (χ4n) is 2.13. The number of anilines is 1. The van der Waals surface area contributed by atoms with E-state index in [4.69, 9.17) is 0 Å². The Balaban J connectivity index is 1.97. The van der Waals surface area contributed by atoms with Crippen molar-refractivity contribution in [3.63, 3.8) is 0 Å². The quantitative estimate of drug-likeness (QED) is 0.681. The highest BCUT2D eigenvalue weighted by Crippen LogP contribution is 2.25. The predicted molar refractivity (Wildman–Crippen MR) is 81.6 cm³/mol. The summed E-state index contributed by atoms with van der Waals surface area (Å²) in [6, 6.07) is 8.12. The van der Waals surface area contributed by atoms with Gasteiger partial charge in [-0.25, -0.2) is 14.1 Å². The van der Waals surface area contributed by atoms with Crippen molar-refractivity contribution < 1.29 is 14.6 Å². The van der Waals surface area contributed by atoms with Gasteiger partial charge in [-0.2, -0.15) is 10.1 Å². The lowest BCUT2D eigenvalue weighted by Gasteiger charge is -2.07. The van der Waals surface area contributed by atoms with Crippen LogP contribution >= 0.6 is 0 Å². The van der Waals surface area contributed by atoms with Gasteiger partial charge in [0.1, 0.15) is 17.3 Å². The van der Waals surface area contributed by atoms with E-state index in [0.717, 1.165) is 6.20 Å². The highest BCUT2D eigenvalue weighted by Gasteiger charge is 2.14. The topological polar surface area (TPSA) is 96.1 Å². The molecule has 3 rings (SSSR count). The Labute approximate surface area is 131 Å². The van der Waals surface area contributed by atoms with Crippen LogP contribution in [0.3, 0.4) is 0 Å². The molecule has 0 aliphatic heterocycles. The summed E-state index contributed by atoms with van der Waals surface area (Å²) in [5.74, 6) is -0.452. The molecule has 1 aromatic carbocycles. The van der Waals surface area contributed by atoms with Gasteiger partial charge >= 0.3 is 0 Å². The minimum absolute atomic E-state index is 0.157. The van der Waals surface area contributed by atoms with Crippen molar-refractivity contribution in [1.82, 2.24) is 19.7 Å². The van der Waals surface area contributed by atoms with Crippen LogP contribution in [0.5, 0.6) is 11.6 Å². The molecule has 0 saturated carbocycles. The van der Waals surface area contributed by atoms with Gasteiger partial charge < -0.3 is 15.5 Å². The van der Waals surface area contributed by atoms with Crippen LogP contribution in [0.25, 0.3) is 11.5 Å². The Morgan fingerprint density at radius 2 is 2.04 bits per heavy atom. The van der Waals surface area contributed by atoms with Crippen molar-refractivity contribution in [2.24, 2.45) is 0 Å². The van der Waals surface area contributed by atoms with E-state index >= 15 is 0 Å². The van der Waals surface area contributed by atoms with Crippen molar-refractivity contribution in [2.45, 2.75) is 6.54 Å². The van der Waals surface area contributed by atoms with Gasteiger partial charge in [-0.05, 0) is 6.07 Å². The lowest BCUT2D eigenvalue weighted by Crippen LogP contribution is -2.07. The van der Waals surface area contributed by atoms with Crippen molar-refractivity contribution in [3.8, 4) is 23.1 Å². The van der Waals surface area contributed by atoms with Gasteiger partial charge in [0.25, 0.3) is 5.88 Å². The molecule has 0 unspecified atom stereocenters. The van der Waals surface area contributed by atoms with Crippen LogP contribution in [0.15, 0.2) is 36.5 Å². The van der Waals surface area contributed by atoms with E-state index in [1.165, 1.54) is 6.07 Å². The number of nitrogens with one attached hydrogen (secondary N) is 1. The molecule has 0 spiro atoms. The average molecular weight is 315 g/mol. The molecular formula is C15H14FN5O2. The van der Waals surface area contributed by atoms with Crippen LogP contribution in [0.2, 0.25) is 0 Å². The summed E-state index contributed by atoms with van der Waals surface area (Å²) in [5.41, 5.74) is 0.883. The summed E-state index contributed by atoms with van der Waals surface area (Å²) >= 11 is 0. The molecule has 118 valence electrons. The number of nitrogens with zero attached hydrogens (tertiary/aromatic N) is 4. The van der Waals surface area contributed by atoms with Crippen LogP contribution in [-0.4, -0.2) is 37.0 Å². The first kappa shape index (κ1) is 14.8. The van der Waals surface area contributed by atoms with Crippen molar-refractivity contribution in [1.29, 1.82) is 0 Å². The molecule has 8 heteroatoms. The Kier molecular flexibility index (Phi) is 3.80. The lowest BCUT2D eigenvalue weighted by molar-refractivity contribution is 0.386. The molecule has 0 fully saturated rings. The molecule has 2 aromatic heterocycles. The molecule has 0 amide bonds. The van der Waals surface area contributed by atoms with E-state index in [1.54, 1.807) is 36.0 Å². The third kappa shape index (κ3) is 2.91. The first-order chi connectivity index (χ1) is 11.1. The molecule has 0 aliphatic rings. The Morgan fingerprint density at radius 1 is 1.26 bits per heavy atom. The molecule has 2 heterocycles. The first-order valence-electron chi connectivity index (χ1n) is 6.83. The molecule has 0 atom stereocenters. The fourth-order valence-corrected chi connectivity index (χ4v) is 2.13. The predicted octanol–water partition coefficient (Wildman–Crippen LogP) is 1.98. The van der Waals surface area contributed by atoms with Gasteiger partial charge in [0.05, 0.1) is 12.7 Å². The molecule has 23 heavy (non-hydrogen) atoms. The molecule has 0 aliphatic carbocycles. The van der Waals surface area contributed by atoms with Gasteiger partial charge in [0.2, 0.25) is 0 Å². The summed E-state index contributed by atoms with van der Waals surface area (Å²) in [6.07, 6.45) is 1.09. The summed E-state index contributed by atoms with van der Waals surface area (Å²) in [6.45, 7) is 0.229. The van der Waals surface area contributed by atoms with E-state index in [0.29, 0.717) is 17.1 Å². The van der Waals surface area contributed by atoms with Crippen molar-refractivity contribution in [2.75, 3.05) is 12.4 Å². The zero-order valence-corrected chi connectivity index (χ0v) is 12.2. The monoisotopic (exact) mass is 315 g/mol. The molecular weight excluding hydrogens is 301 g/mol. The number of benzene rings is 1. The second-order valence-corrected chi connectivity index (χ2v) is 4.82. The molecule has 7 nitrogen and oxygen atoms in total. The first-order valence-corrected chi connectivity index (χ1v) is 6.83. The van der Waals surface area contributed by atoms with E-state index in [2.05, 4.69) is 20.4 Å². The van der Waals surface area contributed by atoms with E-state index < -0.39 is 11.6 Å². The highest BCUT2D eigenvalue weighted by molar-refractivity contribution is 5.57. The van der Waals surface area contributed by atoms with Gasteiger partial charge in [0, 0.05) is 18.7 Å². The maximum absolute atomic E-state index is 13.8. The number of hydrogen-bond donors (Lipinski definition) is 3. The van der Waals surface area contributed by atoms with Crippen LogP contribution in [0.1, 0.15) is 5.56 Å². The molecule has 0 saturated heterocycles. The van der Waals surface area contributed by atoms with Crippen LogP contribution in [0.4, 0.5) is 10.2 Å². The zero-order chi connectivity index (χ0) is 16.4. The van der Waals surface area contributed by atoms with Gasteiger partial charge in [-0.3, -0.25) is 0 Å². The third-order valence-electron chi connectivity index (χ3n) is 3.29. The van der Waals surface area contributed by atoms with Crippen LogP contribution < -0.4 is 5.32 Å². The van der Waals surface area contributed by atoms with Crippen LogP contribution in [0, 0.1) is 5.82 Å². The van der Waals surface area contributed by atoms with E-state index in [-0.39, 0.29) is 18.2 Å². The molecule has 3 aromatic rings. The summed E-state index contributed by atoms with van der Waals surface area (Å²) in [5, 5.41) is 26.0. The number of aromatic hydroxyl groups is 2. The zero-order valence-electron chi connectivity index (χ0n) is 12.2. The van der Waals surface area contributed by atoms with Crippen LogP contribution in [-0.2, 0) is 6.54 Å². The summed E-state index contributed by atoms with van der Waals surface area (Å²) in [4.78, 5) is 7.70. The molecule has 3 N–H and O–H groups in total. The number of halogens is 1. The number of rotatable bonds is 4. The minimum atomic E-state index is -0.523. The maximum atomic E-state index is 13.8.